The molecular weight excluding hydrogens is 612 g/mol. The molecule has 1 unspecified atom stereocenters. The molecule has 7 nitrogen and oxygen atoms in total. The molecule has 0 aromatic heterocycles. The number of halogens is 7. The number of anilines is 1. The summed E-state index contributed by atoms with van der Waals surface area (Å²) in [7, 11) is -4.62. The summed E-state index contributed by atoms with van der Waals surface area (Å²) >= 11 is 6.02. The zero-order valence-electron chi connectivity index (χ0n) is 21.3. The van der Waals surface area contributed by atoms with Gasteiger partial charge in [0.25, 0.3) is 10.0 Å². The van der Waals surface area contributed by atoms with Crippen molar-refractivity contribution >= 4 is 45.4 Å². The fraction of sp³-hybridized carbons (Fsp3) is 0.222. The van der Waals surface area contributed by atoms with Crippen molar-refractivity contribution in [3.63, 3.8) is 0 Å². The third-order valence-electron chi connectivity index (χ3n) is 6.32. The van der Waals surface area contributed by atoms with Crippen LogP contribution in [0.25, 0.3) is 12.2 Å². The van der Waals surface area contributed by atoms with Gasteiger partial charge >= 0.3 is 12.4 Å². The topological polar surface area (TPSA) is 102 Å². The largest absolute Gasteiger partial charge is 0.486 e. The molecule has 1 amide bonds. The zero-order valence-corrected chi connectivity index (χ0v) is 22.9. The van der Waals surface area contributed by atoms with Gasteiger partial charge in [0.2, 0.25) is 5.91 Å². The van der Waals surface area contributed by atoms with Crippen molar-refractivity contribution in [2.24, 2.45) is 5.84 Å². The second-order valence-electron chi connectivity index (χ2n) is 9.17. The van der Waals surface area contributed by atoms with Crippen LogP contribution >= 0.6 is 11.6 Å². The minimum absolute atomic E-state index is 0.0193. The lowest BCUT2D eigenvalue weighted by molar-refractivity contribution is -0.138. The molecule has 3 aromatic carbocycles. The van der Waals surface area contributed by atoms with Crippen molar-refractivity contribution in [3.8, 4) is 5.75 Å². The van der Waals surface area contributed by atoms with Crippen LogP contribution < -0.4 is 20.3 Å². The summed E-state index contributed by atoms with van der Waals surface area (Å²) in [6.45, 7) is -0.376. The van der Waals surface area contributed by atoms with E-state index < -0.39 is 50.4 Å². The summed E-state index contributed by atoms with van der Waals surface area (Å²) in [4.78, 5) is 11.0. The maximum atomic E-state index is 13.7. The molecule has 0 radical (unpaired) electrons. The molecule has 0 aliphatic carbocycles. The molecule has 0 spiro atoms. The van der Waals surface area contributed by atoms with Gasteiger partial charge in [-0.25, -0.2) is 14.3 Å². The van der Waals surface area contributed by atoms with Gasteiger partial charge in [-0.3, -0.25) is 14.5 Å². The molecule has 15 heteroatoms. The Balaban J connectivity index is 1.77. The molecule has 1 heterocycles. The Hall–Kier alpha value is -3.75. The summed E-state index contributed by atoms with van der Waals surface area (Å²) < 4.78 is 115. The van der Waals surface area contributed by atoms with Gasteiger partial charge in [-0.2, -0.15) is 26.3 Å². The average molecular weight is 634 g/mol. The zero-order chi connectivity index (χ0) is 30.9. The number of rotatable bonds is 7. The van der Waals surface area contributed by atoms with Gasteiger partial charge in [0.05, 0.1) is 28.3 Å². The number of nitrogens with one attached hydrogen (secondary N) is 1. The van der Waals surface area contributed by atoms with E-state index in [-0.39, 0.29) is 47.0 Å². The Morgan fingerprint density at radius 3 is 2.40 bits per heavy atom. The molecule has 4 rings (SSSR count). The molecule has 0 fully saturated rings. The van der Waals surface area contributed by atoms with Crippen molar-refractivity contribution in [3.05, 3.63) is 87.9 Å². The number of carbonyl (C=O) groups is 1. The summed E-state index contributed by atoms with van der Waals surface area (Å²) in [5.41, 5.74) is -0.346. The van der Waals surface area contributed by atoms with Crippen molar-refractivity contribution in [2.45, 2.75) is 36.2 Å². The van der Waals surface area contributed by atoms with Gasteiger partial charge in [0, 0.05) is 17.0 Å². The lowest BCUT2D eigenvalue weighted by Crippen LogP contribution is -2.44. The third-order valence-corrected chi connectivity index (χ3v) is 8.42. The number of ether oxygens (including phenoxy) is 1. The van der Waals surface area contributed by atoms with E-state index in [1.165, 1.54) is 30.3 Å². The highest BCUT2D eigenvalue weighted by Gasteiger charge is 2.37. The number of benzene rings is 3. The maximum Gasteiger partial charge on any atom is 0.417 e. The number of hydrazine groups is 1. The van der Waals surface area contributed by atoms with Crippen LogP contribution in [0.1, 0.15) is 35.1 Å². The standard InChI is InChI=1S/C27H22ClF6N3O4S/c28-22-6-2-5-21(27(32,33)34)20(22)10-7-16-8-11-24-23(13-16)37(15-18(41-24)9-12-25(38)36-35)42(39,40)19-4-1-3-17(14-19)26(29,30)31/h1-8,10-11,13-14,18H,9,12,15,35H2,(H,36,38). The lowest BCUT2D eigenvalue weighted by Gasteiger charge is -2.35. The molecule has 0 bridgehead atoms. The average Bonchev–Trinajstić information content (AvgIpc) is 2.93. The first-order valence-electron chi connectivity index (χ1n) is 12.1. The highest BCUT2D eigenvalue weighted by atomic mass is 35.5. The third kappa shape index (κ3) is 6.82. The van der Waals surface area contributed by atoms with E-state index in [9.17, 15) is 39.6 Å². The number of amides is 1. The van der Waals surface area contributed by atoms with E-state index in [4.69, 9.17) is 22.2 Å². The summed E-state index contributed by atoms with van der Waals surface area (Å²) in [6.07, 6.45) is -8.09. The second-order valence-corrected chi connectivity index (χ2v) is 11.4. The fourth-order valence-corrected chi connectivity index (χ4v) is 6.05. The number of fused-ring (bicyclic) bond motifs is 1. The second kappa shape index (κ2) is 11.9. The van der Waals surface area contributed by atoms with Gasteiger partial charge in [-0.1, -0.05) is 42.0 Å². The molecule has 42 heavy (non-hydrogen) atoms. The van der Waals surface area contributed by atoms with E-state index in [0.29, 0.717) is 6.07 Å². The van der Waals surface area contributed by atoms with Crippen molar-refractivity contribution in [1.29, 1.82) is 0 Å². The lowest BCUT2D eigenvalue weighted by atomic mass is 10.0. The minimum Gasteiger partial charge on any atom is -0.486 e. The van der Waals surface area contributed by atoms with Gasteiger partial charge in [-0.05, 0) is 54.4 Å². The molecule has 224 valence electrons. The smallest absolute Gasteiger partial charge is 0.417 e. The minimum atomic E-state index is -4.81. The van der Waals surface area contributed by atoms with Crippen LogP contribution in [-0.2, 0) is 27.2 Å². The quantitative estimate of drug-likeness (QED) is 0.105. The van der Waals surface area contributed by atoms with Crippen LogP contribution in [0.15, 0.2) is 65.6 Å². The number of carbonyl (C=O) groups excluding carboxylic acids is 1. The van der Waals surface area contributed by atoms with Crippen molar-refractivity contribution in [2.75, 3.05) is 10.8 Å². The van der Waals surface area contributed by atoms with Crippen LogP contribution in [-0.4, -0.2) is 27.0 Å². The highest BCUT2D eigenvalue weighted by molar-refractivity contribution is 7.92. The molecule has 0 saturated heterocycles. The van der Waals surface area contributed by atoms with Crippen LogP contribution in [0.5, 0.6) is 5.75 Å². The molecule has 0 saturated carbocycles. The van der Waals surface area contributed by atoms with Crippen LogP contribution in [0, 0.1) is 0 Å². The van der Waals surface area contributed by atoms with Gasteiger partial charge in [0.15, 0.2) is 0 Å². The first kappa shape index (κ1) is 31.2. The van der Waals surface area contributed by atoms with Crippen molar-refractivity contribution < 1.29 is 44.3 Å². The number of nitrogens with zero attached hydrogens (tertiary/aromatic N) is 1. The molecule has 3 aromatic rings. The first-order chi connectivity index (χ1) is 19.6. The maximum absolute atomic E-state index is 13.7. The van der Waals surface area contributed by atoms with Crippen LogP contribution in [0.3, 0.4) is 0 Å². The molecular formula is C27H22ClF6N3O4S. The van der Waals surface area contributed by atoms with Gasteiger partial charge in [-0.15, -0.1) is 0 Å². The van der Waals surface area contributed by atoms with E-state index in [2.05, 4.69) is 0 Å². The Kier molecular flexibility index (Phi) is 8.81. The SMILES string of the molecule is NNC(=O)CCC1CN(S(=O)(=O)c2cccc(C(F)(F)F)c2)c2cc(C=Cc3c(Cl)cccc3C(F)(F)F)ccc2O1. The fourth-order valence-electron chi connectivity index (χ4n) is 4.27. The molecule has 1 aliphatic rings. The van der Waals surface area contributed by atoms with Crippen LogP contribution in [0.4, 0.5) is 32.0 Å². The Bertz CT molecular complexity index is 1630. The molecule has 1 atom stereocenters. The van der Waals surface area contributed by atoms with E-state index in [0.717, 1.165) is 40.7 Å². The van der Waals surface area contributed by atoms with E-state index >= 15 is 0 Å². The van der Waals surface area contributed by atoms with Gasteiger partial charge in [0.1, 0.15) is 11.9 Å². The predicted octanol–water partition coefficient (Wildman–Crippen LogP) is 6.27. The monoisotopic (exact) mass is 633 g/mol. The summed E-state index contributed by atoms with van der Waals surface area (Å²) in [6, 6.07) is 10.6. The van der Waals surface area contributed by atoms with E-state index in [1.54, 1.807) is 0 Å². The summed E-state index contributed by atoms with van der Waals surface area (Å²) in [5, 5.41) is -0.166. The van der Waals surface area contributed by atoms with E-state index in [1.807, 2.05) is 5.43 Å². The number of hydrogen-bond donors (Lipinski definition) is 2. The van der Waals surface area contributed by atoms with Crippen molar-refractivity contribution in [1.82, 2.24) is 5.43 Å². The Labute approximate surface area is 241 Å². The number of sulfonamides is 1. The first-order valence-corrected chi connectivity index (χ1v) is 14.0. The number of hydrogen-bond acceptors (Lipinski definition) is 5. The Morgan fingerprint density at radius 2 is 1.74 bits per heavy atom. The molecule has 1 aliphatic heterocycles. The predicted molar refractivity (Wildman–Crippen MR) is 144 cm³/mol. The molecule has 3 N–H and O–H groups in total. The highest BCUT2D eigenvalue weighted by Crippen LogP contribution is 2.41. The summed E-state index contributed by atoms with van der Waals surface area (Å²) in [5.74, 6) is 4.58. The normalized spacial score (nSPS) is 15.8. The van der Waals surface area contributed by atoms with Crippen LogP contribution in [0.2, 0.25) is 5.02 Å². The number of nitrogens with two attached hydrogens (primary N) is 1. The number of alkyl halides is 6. The Morgan fingerprint density at radius 1 is 1.02 bits per heavy atom. The van der Waals surface area contributed by atoms with Gasteiger partial charge < -0.3 is 4.74 Å².